The molecule has 1 N–H and O–H groups in total. The van der Waals surface area contributed by atoms with Crippen molar-refractivity contribution in [3.8, 4) is 0 Å². The van der Waals surface area contributed by atoms with Crippen LogP contribution in [0.25, 0.3) is 0 Å². The monoisotopic (exact) mass is 311 g/mol. The highest BCUT2D eigenvalue weighted by molar-refractivity contribution is 9.10. The van der Waals surface area contributed by atoms with E-state index in [-0.39, 0.29) is 0 Å². The largest absolute Gasteiger partial charge is 0.373 e. The molecule has 0 aromatic heterocycles. The highest BCUT2D eigenvalue weighted by Gasteiger charge is 2.10. The first-order valence-electron chi connectivity index (χ1n) is 6.57. The fraction of sp³-hybridized carbons (Fsp3) is 0.571. The van der Waals surface area contributed by atoms with Gasteiger partial charge in [-0.2, -0.15) is 0 Å². The highest BCUT2D eigenvalue weighted by atomic mass is 79.9. The van der Waals surface area contributed by atoms with E-state index in [0.29, 0.717) is 0 Å². The van der Waals surface area contributed by atoms with Crippen LogP contribution >= 0.6 is 15.9 Å². The molecule has 3 nitrogen and oxygen atoms in total. The van der Waals surface area contributed by atoms with Gasteiger partial charge in [-0.3, -0.25) is 4.90 Å². The summed E-state index contributed by atoms with van der Waals surface area (Å²) in [5.74, 6) is 0. The van der Waals surface area contributed by atoms with Crippen molar-refractivity contribution in [3.05, 3.63) is 28.2 Å². The summed E-state index contributed by atoms with van der Waals surface area (Å²) >= 11 is 3.60. The number of piperazine rings is 1. The predicted octanol–water partition coefficient (Wildman–Crippen LogP) is 2.10. The molecule has 1 aromatic carbocycles. The van der Waals surface area contributed by atoms with Crippen molar-refractivity contribution in [2.75, 3.05) is 51.2 Å². The Kier molecular flexibility index (Phi) is 5.03. The van der Waals surface area contributed by atoms with Crippen LogP contribution in [-0.2, 0) is 0 Å². The summed E-state index contributed by atoms with van der Waals surface area (Å²) in [6.07, 6.45) is 0. The summed E-state index contributed by atoms with van der Waals surface area (Å²) in [6.45, 7) is 8.93. The molecule has 0 radical (unpaired) electrons. The summed E-state index contributed by atoms with van der Waals surface area (Å²) < 4.78 is 1.19. The zero-order valence-corrected chi connectivity index (χ0v) is 12.8. The van der Waals surface area contributed by atoms with Crippen molar-refractivity contribution in [1.29, 1.82) is 0 Å². The minimum atomic E-state index is 1.08. The van der Waals surface area contributed by atoms with Crippen LogP contribution in [0.4, 0.5) is 5.69 Å². The van der Waals surface area contributed by atoms with Crippen LogP contribution in [-0.4, -0.2) is 51.2 Å². The minimum Gasteiger partial charge on any atom is -0.373 e. The molecule has 2 rings (SSSR count). The number of nitrogens with one attached hydrogen (secondary N) is 1. The second-order valence-electron chi connectivity index (χ2n) is 4.95. The Morgan fingerprint density at radius 2 is 2.06 bits per heavy atom. The van der Waals surface area contributed by atoms with Crippen LogP contribution < -0.4 is 10.2 Å². The molecule has 100 valence electrons. The first-order chi connectivity index (χ1) is 8.66. The van der Waals surface area contributed by atoms with E-state index in [0.717, 1.165) is 26.2 Å². The first kappa shape index (κ1) is 13.8. The molecule has 1 heterocycles. The molecule has 0 spiro atoms. The van der Waals surface area contributed by atoms with Gasteiger partial charge in [-0.1, -0.05) is 22.0 Å². The lowest BCUT2D eigenvalue weighted by Gasteiger charge is -2.29. The summed E-state index contributed by atoms with van der Waals surface area (Å²) in [4.78, 5) is 4.85. The highest BCUT2D eigenvalue weighted by Crippen LogP contribution is 2.22. The fourth-order valence-electron chi connectivity index (χ4n) is 2.17. The molecule has 1 aromatic rings. The van der Waals surface area contributed by atoms with E-state index in [1.807, 2.05) is 0 Å². The van der Waals surface area contributed by atoms with Gasteiger partial charge in [0.25, 0.3) is 0 Å². The third-order valence-electron chi connectivity index (χ3n) is 3.56. The van der Waals surface area contributed by atoms with Gasteiger partial charge in [-0.05, 0) is 24.6 Å². The number of hydrogen-bond acceptors (Lipinski definition) is 3. The van der Waals surface area contributed by atoms with Crippen molar-refractivity contribution in [3.63, 3.8) is 0 Å². The molecular weight excluding hydrogens is 290 g/mol. The molecule has 0 atom stereocenters. The Hall–Kier alpha value is -0.580. The molecule has 1 aliphatic rings. The van der Waals surface area contributed by atoms with Gasteiger partial charge in [0, 0.05) is 56.5 Å². The van der Waals surface area contributed by atoms with Gasteiger partial charge >= 0.3 is 0 Å². The molecule has 0 saturated carbocycles. The van der Waals surface area contributed by atoms with Crippen molar-refractivity contribution < 1.29 is 0 Å². The Balaban J connectivity index is 1.86. The average molecular weight is 312 g/mol. The molecule has 1 fully saturated rings. The van der Waals surface area contributed by atoms with E-state index < -0.39 is 0 Å². The van der Waals surface area contributed by atoms with Crippen molar-refractivity contribution in [2.24, 2.45) is 0 Å². The number of benzene rings is 1. The van der Waals surface area contributed by atoms with Crippen molar-refractivity contribution in [2.45, 2.75) is 6.92 Å². The number of rotatable bonds is 4. The maximum atomic E-state index is 3.60. The van der Waals surface area contributed by atoms with Crippen LogP contribution in [0.3, 0.4) is 0 Å². The molecule has 0 amide bonds. The van der Waals surface area contributed by atoms with E-state index in [1.54, 1.807) is 0 Å². The molecule has 0 aliphatic carbocycles. The lowest BCUT2D eigenvalue weighted by molar-refractivity contribution is 0.246. The number of hydrogen-bond donors (Lipinski definition) is 1. The zero-order valence-electron chi connectivity index (χ0n) is 11.2. The summed E-state index contributed by atoms with van der Waals surface area (Å²) in [7, 11) is 2.17. The maximum Gasteiger partial charge on any atom is 0.0375 e. The fourth-order valence-corrected chi connectivity index (χ4v) is 2.54. The number of aryl methyl sites for hydroxylation is 1. The minimum absolute atomic E-state index is 1.08. The molecule has 1 aliphatic heterocycles. The van der Waals surface area contributed by atoms with Crippen LogP contribution in [0.2, 0.25) is 0 Å². The molecular formula is C14H22BrN3. The van der Waals surface area contributed by atoms with Gasteiger partial charge in [0.15, 0.2) is 0 Å². The summed E-state index contributed by atoms with van der Waals surface area (Å²) in [5, 5.41) is 3.39. The predicted molar refractivity (Wildman–Crippen MR) is 81.5 cm³/mol. The Bertz CT molecular complexity index is 389. The van der Waals surface area contributed by atoms with E-state index in [2.05, 4.69) is 63.2 Å². The Labute approximate surface area is 118 Å². The maximum absolute atomic E-state index is 3.60. The number of halogens is 1. The molecule has 4 heteroatoms. The van der Waals surface area contributed by atoms with Crippen molar-refractivity contribution in [1.82, 2.24) is 10.2 Å². The number of likely N-dealkylation sites (N-methyl/N-ethyl adjacent to an activating group) is 1. The lowest BCUT2D eigenvalue weighted by atomic mass is 10.2. The standard InChI is InChI=1S/C14H22BrN3/c1-12-3-4-13(11-14(12)15)17(2)9-10-18-7-5-16-6-8-18/h3-4,11,16H,5-10H2,1-2H3. The second kappa shape index (κ2) is 6.55. The quantitative estimate of drug-likeness (QED) is 0.918. The lowest BCUT2D eigenvalue weighted by Crippen LogP contribution is -2.46. The van der Waals surface area contributed by atoms with Crippen LogP contribution in [0, 0.1) is 6.92 Å². The number of anilines is 1. The van der Waals surface area contributed by atoms with Crippen LogP contribution in [0.1, 0.15) is 5.56 Å². The summed E-state index contributed by atoms with van der Waals surface area (Å²) in [5.41, 5.74) is 2.57. The normalized spacial score (nSPS) is 16.8. The van der Waals surface area contributed by atoms with E-state index >= 15 is 0 Å². The average Bonchev–Trinajstić information content (AvgIpc) is 2.40. The van der Waals surface area contributed by atoms with E-state index in [4.69, 9.17) is 0 Å². The Morgan fingerprint density at radius 1 is 1.33 bits per heavy atom. The van der Waals surface area contributed by atoms with E-state index in [9.17, 15) is 0 Å². The molecule has 1 saturated heterocycles. The van der Waals surface area contributed by atoms with Gasteiger partial charge < -0.3 is 10.2 Å². The van der Waals surface area contributed by atoms with Gasteiger partial charge in [-0.15, -0.1) is 0 Å². The van der Waals surface area contributed by atoms with Crippen LogP contribution in [0.5, 0.6) is 0 Å². The first-order valence-corrected chi connectivity index (χ1v) is 7.36. The summed E-state index contributed by atoms with van der Waals surface area (Å²) in [6, 6.07) is 6.56. The zero-order chi connectivity index (χ0) is 13.0. The molecule has 18 heavy (non-hydrogen) atoms. The smallest absolute Gasteiger partial charge is 0.0375 e. The van der Waals surface area contributed by atoms with Gasteiger partial charge in [0.1, 0.15) is 0 Å². The third-order valence-corrected chi connectivity index (χ3v) is 4.41. The van der Waals surface area contributed by atoms with Crippen molar-refractivity contribution >= 4 is 21.6 Å². The Morgan fingerprint density at radius 3 is 2.72 bits per heavy atom. The second-order valence-corrected chi connectivity index (χ2v) is 5.80. The SMILES string of the molecule is Cc1ccc(N(C)CCN2CCNCC2)cc1Br. The van der Waals surface area contributed by atoms with Gasteiger partial charge in [-0.25, -0.2) is 0 Å². The molecule has 0 unspecified atom stereocenters. The van der Waals surface area contributed by atoms with Gasteiger partial charge in [0.05, 0.1) is 0 Å². The van der Waals surface area contributed by atoms with E-state index in [1.165, 1.54) is 28.8 Å². The molecule has 0 bridgehead atoms. The van der Waals surface area contributed by atoms with Crippen LogP contribution in [0.15, 0.2) is 22.7 Å². The topological polar surface area (TPSA) is 18.5 Å². The van der Waals surface area contributed by atoms with Gasteiger partial charge in [0.2, 0.25) is 0 Å². The third kappa shape index (κ3) is 3.70. The number of nitrogens with zero attached hydrogens (tertiary/aromatic N) is 2.